The van der Waals surface area contributed by atoms with E-state index in [1.54, 1.807) is 29.2 Å². The van der Waals surface area contributed by atoms with E-state index in [9.17, 15) is 14.4 Å². The van der Waals surface area contributed by atoms with Crippen LogP contribution < -0.4 is 10.2 Å². The van der Waals surface area contributed by atoms with Gasteiger partial charge in [-0.25, -0.2) is 4.79 Å². The molecule has 0 radical (unpaired) electrons. The van der Waals surface area contributed by atoms with E-state index in [0.29, 0.717) is 16.6 Å². The summed E-state index contributed by atoms with van der Waals surface area (Å²) in [5.74, 6) is -1.48. The molecular weight excluding hydrogens is 436 g/mol. The first-order chi connectivity index (χ1) is 13.9. The van der Waals surface area contributed by atoms with Crippen molar-refractivity contribution in [3.05, 3.63) is 64.1 Å². The lowest BCUT2D eigenvalue weighted by molar-refractivity contribution is -0.150. The third kappa shape index (κ3) is 4.85. The number of para-hydroxylation sites is 1. The molecule has 1 atom stereocenters. The molecule has 1 aliphatic heterocycles. The molecule has 0 saturated carbocycles. The molecule has 2 aromatic rings. The molecule has 0 aromatic heterocycles. The number of anilines is 1. The van der Waals surface area contributed by atoms with Crippen LogP contribution in [0.15, 0.2) is 53.0 Å². The number of hydrogen-bond acceptors (Lipinski definition) is 4. The van der Waals surface area contributed by atoms with Gasteiger partial charge in [0.05, 0.1) is 5.56 Å². The quantitative estimate of drug-likeness (QED) is 0.673. The number of carbonyl (C=O) groups is 3. The fraction of sp³-hybridized carbons (Fsp3) is 0.318. The van der Waals surface area contributed by atoms with Crippen LogP contribution in [0, 0.1) is 5.92 Å². The molecule has 0 unspecified atom stereocenters. The summed E-state index contributed by atoms with van der Waals surface area (Å²) < 4.78 is 5.90. The van der Waals surface area contributed by atoms with Crippen molar-refractivity contribution in [2.75, 3.05) is 18.1 Å². The van der Waals surface area contributed by atoms with Crippen LogP contribution in [-0.4, -0.2) is 37.0 Å². The molecule has 0 fully saturated rings. The van der Waals surface area contributed by atoms with Crippen LogP contribution >= 0.6 is 15.9 Å². The highest BCUT2D eigenvalue weighted by Gasteiger charge is 2.29. The van der Waals surface area contributed by atoms with Crippen molar-refractivity contribution in [3.8, 4) is 0 Å². The minimum absolute atomic E-state index is 0.198. The van der Waals surface area contributed by atoms with Crippen molar-refractivity contribution in [3.63, 3.8) is 0 Å². The van der Waals surface area contributed by atoms with Gasteiger partial charge in [0.25, 0.3) is 11.8 Å². The number of halogens is 1. The Bertz CT molecular complexity index is 929. The number of benzene rings is 2. The topological polar surface area (TPSA) is 75.7 Å². The summed E-state index contributed by atoms with van der Waals surface area (Å²) in [6.45, 7) is 3.83. The summed E-state index contributed by atoms with van der Waals surface area (Å²) in [4.78, 5) is 39.3. The number of fused-ring (bicyclic) bond motifs is 1. The molecule has 1 N–H and O–H groups in total. The molecule has 1 aliphatic rings. The Kier molecular flexibility index (Phi) is 6.69. The van der Waals surface area contributed by atoms with Gasteiger partial charge >= 0.3 is 5.97 Å². The van der Waals surface area contributed by atoms with E-state index in [1.165, 1.54) is 0 Å². The third-order valence-corrected chi connectivity index (χ3v) is 5.54. The smallest absolute Gasteiger partial charge is 0.329 e. The van der Waals surface area contributed by atoms with E-state index >= 15 is 0 Å². The summed E-state index contributed by atoms with van der Waals surface area (Å²) in [5.41, 5.74) is 2.39. The lowest BCUT2D eigenvalue weighted by Gasteiger charge is -2.22. The summed E-state index contributed by atoms with van der Waals surface area (Å²) in [6.07, 6.45) is 0.784. The summed E-state index contributed by atoms with van der Waals surface area (Å²) in [6, 6.07) is 13.8. The van der Waals surface area contributed by atoms with Gasteiger partial charge in [-0.15, -0.1) is 0 Å². The molecule has 1 heterocycles. The van der Waals surface area contributed by atoms with E-state index in [0.717, 1.165) is 17.7 Å². The SMILES string of the molecule is CC(C)[C@H](NC(=O)c1ccccc1Br)C(=O)OCC(=O)N1CCc2ccccc21. The standard InChI is InChI=1S/C22H23BrN2O4/c1-14(2)20(24-21(27)16-8-4-5-9-17(16)23)22(28)29-13-19(26)25-12-11-15-7-3-6-10-18(15)25/h3-10,14,20H,11-13H2,1-2H3,(H,24,27)/t20-/m0/s1. The maximum Gasteiger partial charge on any atom is 0.329 e. The van der Waals surface area contributed by atoms with Gasteiger partial charge in [0, 0.05) is 16.7 Å². The van der Waals surface area contributed by atoms with E-state index < -0.39 is 12.0 Å². The molecule has 0 spiro atoms. The monoisotopic (exact) mass is 458 g/mol. The summed E-state index contributed by atoms with van der Waals surface area (Å²) >= 11 is 3.33. The summed E-state index contributed by atoms with van der Waals surface area (Å²) in [7, 11) is 0. The van der Waals surface area contributed by atoms with Crippen LogP contribution in [0.4, 0.5) is 5.69 Å². The van der Waals surface area contributed by atoms with Crippen LogP contribution in [0.25, 0.3) is 0 Å². The van der Waals surface area contributed by atoms with Gasteiger partial charge in [0.15, 0.2) is 6.61 Å². The third-order valence-electron chi connectivity index (χ3n) is 4.85. The van der Waals surface area contributed by atoms with Gasteiger partial charge in [0.1, 0.15) is 6.04 Å². The molecule has 3 rings (SSSR count). The number of ether oxygens (including phenoxy) is 1. The second-order valence-electron chi connectivity index (χ2n) is 7.21. The van der Waals surface area contributed by atoms with E-state index in [-0.39, 0.29) is 24.3 Å². The molecule has 2 aromatic carbocycles. The Morgan fingerprint density at radius 3 is 2.52 bits per heavy atom. The highest BCUT2D eigenvalue weighted by Crippen LogP contribution is 2.27. The number of rotatable bonds is 6. The molecule has 6 nitrogen and oxygen atoms in total. The Hall–Kier alpha value is -2.67. The van der Waals surface area contributed by atoms with Crippen LogP contribution in [0.5, 0.6) is 0 Å². The van der Waals surface area contributed by atoms with Gasteiger partial charge < -0.3 is 15.0 Å². The van der Waals surface area contributed by atoms with Crippen LogP contribution in [0.1, 0.15) is 29.8 Å². The molecule has 0 bridgehead atoms. The zero-order chi connectivity index (χ0) is 21.0. The largest absolute Gasteiger partial charge is 0.454 e. The van der Waals surface area contributed by atoms with Gasteiger partial charge in [-0.1, -0.05) is 44.2 Å². The molecule has 152 valence electrons. The highest BCUT2D eigenvalue weighted by atomic mass is 79.9. The van der Waals surface area contributed by atoms with Crippen molar-refractivity contribution in [2.24, 2.45) is 5.92 Å². The zero-order valence-corrected chi connectivity index (χ0v) is 17.9. The Morgan fingerprint density at radius 1 is 1.10 bits per heavy atom. The second-order valence-corrected chi connectivity index (χ2v) is 8.06. The van der Waals surface area contributed by atoms with Crippen molar-refractivity contribution in [1.29, 1.82) is 0 Å². The van der Waals surface area contributed by atoms with E-state index in [4.69, 9.17) is 4.74 Å². The number of nitrogens with one attached hydrogen (secondary N) is 1. The lowest BCUT2D eigenvalue weighted by atomic mass is 10.0. The molecule has 0 saturated heterocycles. The Labute approximate surface area is 178 Å². The van der Waals surface area contributed by atoms with Crippen LogP contribution in [0.2, 0.25) is 0 Å². The average molecular weight is 459 g/mol. The fourth-order valence-corrected chi connectivity index (χ4v) is 3.72. The molecule has 0 aliphatic carbocycles. The molecule has 7 heteroatoms. The molecular formula is C22H23BrN2O4. The highest BCUT2D eigenvalue weighted by molar-refractivity contribution is 9.10. The maximum absolute atomic E-state index is 12.6. The molecule has 29 heavy (non-hydrogen) atoms. The van der Waals surface area contributed by atoms with Crippen molar-refractivity contribution in [1.82, 2.24) is 5.32 Å². The van der Waals surface area contributed by atoms with Gasteiger partial charge in [-0.05, 0) is 52.0 Å². The second kappa shape index (κ2) is 9.22. The number of amides is 2. The van der Waals surface area contributed by atoms with Crippen LogP contribution in [-0.2, 0) is 20.7 Å². The first kappa shape index (κ1) is 21.0. The average Bonchev–Trinajstić information content (AvgIpc) is 3.14. The predicted molar refractivity (Wildman–Crippen MR) is 114 cm³/mol. The van der Waals surface area contributed by atoms with Gasteiger partial charge in [0.2, 0.25) is 0 Å². The van der Waals surface area contributed by atoms with Gasteiger partial charge in [-0.2, -0.15) is 0 Å². The number of esters is 1. The Morgan fingerprint density at radius 2 is 1.79 bits per heavy atom. The number of nitrogens with zero attached hydrogens (tertiary/aromatic N) is 1. The van der Waals surface area contributed by atoms with Crippen molar-refractivity contribution < 1.29 is 19.1 Å². The first-order valence-electron chi connectivity index (χ1n) is 9.48. The normalized spacial score (nSPS) is 13.7. The van der Waals surface area contributed by atoms with Crippen molar-refractivity contribution >= 4 is 39.4 Å². The lowest BCUT2D eigenvalue weighted by Crippen LogP contribution is -2.46. The minimum Gasteiger partial charge on any atom is -0.454 e. The van der Waals surface area contributed by atoms with Crippen molar-refractivity contribution in [2.45, 2.75) is 26.3 Å². The van der Waals surface area contributed by atoms with E-state index in [2.05, 4.69) is 21.2 Å². The predicted octanol–water partition coefficient (Wildman–Crippen LogP) is 3.34. The van der Waals surface area contributed by atoms with Gasteiger partial charge in [-0.3, -0.25) is 9.59 Å². The zero-order valence-electron chi connectivity index (χ0n) is 16.4. The van der Waals surface area contributed by atoms with E-state index in [1.807, 2.05) is 38.1 Å². The maximum atomic E-state index is 12.6. The first-order valence-corrected chi connectivity index (χ1v) is 10.3. The molecule has 2 amide bonds. The fourth-order valence-electron chi connectivity index (χ4n) is 3.26. The number of hydrogen-bond donors (Lipinski definition) is 1. The number of carbonyl (C=O) groups excluding carboxylic acids is 3. The minimum atomic E-state index is -0.853. The summed E-state index contributed by atoms with van der Waals surface area (Å²) in [5, 5.41) is 2.71. The Balaban J connectivity index is 1.61. The van der Waals surface area contributed by atoms with Crippen LogP contribution in [0.3, 0.4) is 0 Å².